The third kappa shape index (κ3) is 4.57. The first kappa shape index (κ1) is 15.5. The van der Waals surface area contributed by atoms with Crippen molar-refractivity contribution in [3.05, 3.63) is 29.3 Å². The van der Waals surface area contributed by atoms with Crippen molar-refractivity contribution in [2.45, 2.75) is 52.0 Å². The highest BCUT2D eigenvalue weighted by Gasteiger charge is 2.18. The monoisotopic (exact) mass is 260 g/mol. The average molecular weight is 260 g/mol. The van der Waals surface area contributed by atoms with Crippen LogP contribution in [-0.4, -0.2) is 12.1 Å². The lowest BCUT2D eigenvalue weighted by Gasteiger charge is -2.21. The molecule has 0 bridgehead atoms. The SMILES string of the molecule is Cc1cc(C(C)(C)C)ccc1OCCC(C)(N)C#N. The molecular weight excluding hydrogens is 236 g/mol. The third-order valence-corrected chi connectivity index (χ3v) is 3.18. The Morgan fingerprint density at radius 3 is 2.37 bits per heavy atom. The predicted octanol–water partition coefficient (Wildman–Crippen LogP) is 3.30. The van der Waals surface area contributed by atoms with Gasteiger partial charge >= 0.3 is 0 Å². The van der Waals surface area contributed by atoms with Gasteiger partial charge in [0.2, 0.25) is 0 Å². The first-order chi connectivity index (χ1) is 8.65. The molecule has 0 aliphatic carbocycles. The first-order valence-corrected chi connectivity index (χ1v) is 6.60. The molecule has 0 fully saturated rings. The number of rotatable bonds is 4. The minimum atomic E-state index is -0.820. The molecule has 19 heavy (non-hydrogen) atoms. The van der Waals surface area contributed by atoms with Gasteiger partial charge in [-0.05, 0) is 36.5 Å². The molecule has 0 aromatic heterocycles. The van der Waals surface area contributed by atoms with Crippen LogP contribution in [-0.2, 0) is 5.41 Å². The molecule has 1 aromatic carbocycles. The van der Waals surface area contributed by atoms with Crippen LogP contribution in [0.3, 0.4) is 0 Å². The summed E-state index contributed by atoms with van der Waals surface area (Å²) < 4.78 is 5.71. The summed E-state index contributed by atoms with van der Waals surface area (Å²) in [6, 6.07) is 8.31. The zero-order valence-electron chi connectivity index (χ0n) is 12.6. The van der Waals surface area contributed by atoms with Gasteiger partial charge in [-0.1, -0.05) is 32.9 Å². The van der Waals surface area contributed by atoms with E-state index in [0.717, 1.165) is 11.3 Å². The van der Waals surface area contributed by atoms with Crippen molar-refractivity contribution >= 4 is 0 Å². The van der Waals surface area contributed by atoms with E-state index in [-0.39, 0.29) is 5.41 Å². The fourth-order valence-corrected chi connectivity index (χ4v) is 1.71. The van der Waals surface area contributed by atoms with Gasteiger partial charge in [-0.15, -0.1) is 0 Å². The molecule has 1 unspecified atom stereocenters. The van der Waals surface area contributed by atoms with E-state index >= 15 is 0 Å². The standard InChI is InChI=1S/C16H24N2O/c1-12-10-13(15(2,3)4)6-7-14(12)19-9-8-16(5,18)11-17/h6-7,10H,8-9,18H2,1-5H3. The fourth-order valence-electron chi connectivity index (χ4n) is 1.71. The maximum atomic E-state index is 8.84. The summed E-state index contributed by atoms with van der Waals surface area (Å²) >= 11 is 0. The van der Waals surface area contributed by atoms with Gasteiger partial charge in [0.05, 0.1) is 12.7 Å². The Kier molecular flexibility index (Phi) is 4.60. The highest BCUT2D eigenvalue weighted by atomic mass is 16.5. The molecule has 0 aliphatic rings. The molecule has 0 spiro atoms. The summed E-state index contributed by atoms with van der Waals surface area (Å²) in [4.78, 5) is 0. The molecule has 2 N–H and O–H groups in total. The van der Waals surface area contributed by atoms with Gasteiger partial charge < -0.3 is 10.5 Å². The molecule has 0 amide bonds. The van der Waals surface area contributed by atoms with Crippen LogP contribution in [0, 0.1) is 18.3 Å². The summed E-state index contributed by atoms with van der Waals surface area (Å²) in [5.74, 6) is 0.863. The van der Waals surface area contributed by atoms with Crippen LogP contribution in [0.5, 0.6) is 5.75 Å². The molecule has 104 valence electrons. The van der Waals surface area contributed by atoms with E-state index in [4.69, 9.17) is 15.7 Å². The molecule has 0 heterocycles. The molecule has 3 heteroatoms. The maximum Gasteiger partial charge on any atom is 0.122 e. The molecular formula is C16H24N2O. The van der Waals surface area contributed by atoms with Crippen molar-refractivity contribution < 1.29 is 4.74 Å². The number of benzene rings is 1. The number of ether oxygens (including phenoxy) is 1. The molecule has 0 radical (unpaired) electrons. The minimum Gasteiger partial charge on any atom is -0.493 e. The van der Waals surface area contributed by atoms with Gasteiger partial charge in [-0.3, -0.25) is 0 Å². The summed E-state index contributed by atoms with van der Waals surface area (Å²) in [5, 5.41) is 8.84. The van der Waals surface area contributed by atoms with Crippen LogP contribution in [0.4, 0.5) is 0 Å². The van der Waals surface area contributed by atoms with Crippen LogP contribution in [0.2, 0.25) is 0 Å². The van der Waals surface area contributed by atoms with Crippen molar-refractivity contribution in [3.8, 4) is 11.8 Å². The van der Waals surface area contributed by atoms with Crippen LogP contribution >= 0.6 is 0 Å². The summed E-state index contributed by atoms with van der Waals surface area (Å²) in [6.45, 7) is 10.8. The van der Waals surface area contributed by atoms with Gasteiger partial charge in [0.15, 0.2) is 0 Å². The van der Waals surface area contributed by atoms with E-state index in [9.17, 15) is 0 Å². The lowest BCUT2D eigenvalue weighted by atomic mass is 9.86. The number of nitrogens with two attached hydrogens (primary N) is 1. The quantitative estimate of drug-likeness (QED) is 0.903. The zero-order chi connectivity index (χ0) is 14.7. The normalized spacial score (nSPS) is 14.6. The van der Waals surface area contributed by atoms with E-state index in [0.29, 0.717) is 13.0 Å². The fraction of sp³-hybridized carbons (Fsp3) is 0.562. The molecule has 0 saturated heterocycles. The molecule has 0 saturated carbocycles. The second-order valence-electron chi connectivity index (χ2n) is 6.36. The van der Waals surface area contributed by atoms with Gasteiger partial charge in [-0.25, -0.2) is 0 Å². The third-order valence-electron chi connectivity index (χ3n) is 3.18. The maximum absolute atomic E-state index is 8.84. The van der Waals surface area contributed by atoms with Gasteiger partial charge in [-0.2, -0.15) is 5.26 Å². The highest BCUT2D eigenvalue weighted by Crippen LogP contribution is 2.27. The molecule has 1 rings (SSSR count). The summed E-state index contributed by atoms with van der Waals surface area (Å²) in [5.41, 5.74) is 7.48. The Morgan fingerprint density at radius 2 is 1.89 bits per heavy atom. The summed E-state index contributed by atoms with van der Waals surface area (Å²) in [7, 11) is 0. The van der Waals surface area contributed by atoms with Crippen LogP contribution in [0.1, 0.15) is 45.2 Å². The largest absolute Gasteiger partial charge is 0.493 e. The number of aryl methyl sites for hydroxylation is 1. The van der Waals surface area contributed by atoms with Crippen LogP contribution in [0.25, 0.3) is 0 Å². The average Bonchev–Trinajstić information content (AvgIpc) is 2.30. The Balaban J connectivity index is 2.69. The van der Waals surface area contributed by atoms with E-state index in [1.165, 1.54) is 5.56 Å². The second kappa shape index (κ2) is 5.63. The number of nitriles is 1. The number of hydrogen-bond acceptors (Lipinski definition) is 3. The smallest absolute Gasteiger partial charge is 0.122 e. The molecule has 3 nitrogen and oxygen atoms in total. The Morgan fingerprint density at radius 1 is 1.26 bits per heavy atom. The minimum absolute atomic E-state index is 0.139. The van der Waals surface area contributed by atoms with Gasteiger partial charge in [0.25, 0.3) is 0 Å². The van der Waals surface area contributed by atoms with Crippen LogP contribution in [0.15, 0.2) is 18.2 Å². The van der Waals surface area contributed by atoms with E-state index in [2.05, 4.69) is 39.0 Å². The lowest BCUT2D eigenvalue weighted by Crippen LogP contribution is -2.35. The van der Waals surface area contributed by atoms with Crippen molar-refractivity contribution in [3.63, 3.8) is 0 Å². The molecule has 1 aromatic rings. The van der Waals surface area contributed by atoms with Gasteiger partial charge in [0, 0.05) is 6.42 Å². The van der Waals surface area contributed by atoms with Crippen molar-refractivity contribution in [2.75, 3.05) is 6.61 Å². The predicted molar refractivity (Wildman–Crippen MR) is 78.2 cm³/mol. The topological polar surface area (TPSA) is 59.0 Å². The number of hydrogen-bond donors (Lipinski definition) is 1. The Labute approximate surface area is 116 Å². The van der Waals surface area contributed by atoms with Gasteiger partial charge in [0.1, 0.15) is 11.3 Å². The molecule has 1 atom stereocenters. The van der Waals surface area contributed by atoms with Crippen molar-refractivity contribution in [1.29, 1.82) is 5.26 Å². The van der Waals surface area contributed by atoms with Crippen molar-refractivity contribution in [1.82, 2.24) is 0 Å². The number of nitrogens with zero attached hydrogens (tertiary/aromatic N) is 1. The van der Waals surface area contributed by atoms with Crippen LogP contribution < -0.4 is 10.5 Å². The lowest BCUT2D eigenvalue weighted by molar-refractivity contribution is 0.284. The highest BCUT2D eigenvalue weighted by molar-refractivity contribution is 5.38. The van der Waals surface area contributed by atoms with E-state index in [1.807, 2.05) is 13.0 Å². The Bertz CT molecular complexity index is 479. The van der Waals surface area contributed by atoms with E-state index in [1.54, 1.807) is 6.92 Å². The first-order valence-electron chi connectivity index (χ1n) is 6.60. The van der Waals surface area contributed by atoms with Crippen molar-refractivity contribution in [2.24, 2.45) is 5.73 Å². The van der Waals surface area contributed by atoms with E-state index < -0.39 is 5.54 Å². The molecule has 0 aliphatic heterocycles. The Hall–Kier alpha value is -1.53. The second-order valence-corrected chi connectivity index (χ2v) is 6.36. The summed E-state index contributed by atoms with van der Waals surface area (Å²) in [6.07, 6.45) is 0.518. The zero-order valence-corrected chi connectivity index (χ0v) is 12.6.